The minimum Gasteiger partial charge on any atom is -0.444 e. The first-order valence-corrected chi connectivity index (χ1v) is 9.48. The van der Waals surface area contributed by atoms with Gasteiger partial charge in [-0.05, 0) is 27.2 Å². The van der Waals surface area contributed by atoms with Gasteiger partial charge in [-0.3, -0.25) is 15.0 Å². The number of rotatable bonds is 4. The number of amides is 2. The summed E-state index contributed by atoms with van der Waals surface area (Å²) in [5, 5.41) is 12.1. The predicted octanol–water partition coefficient (Wildman–Crippen LogP) is 2.74. The van der Waals surface area contributed by atoms with Crippen LogP contribution in [0.5, 0.6) is 0 Å². The van der Waals surface area contributed by atoms with Crippen LogP contribution in [0.3, 0.4) is 0 Å². The van der Waals surface area contributed by atoms with E-state index >= 15 is 0 Å². The molecule has 0 aliphatic carbocycles. The molecule has 9 heteroatoms. The number of thioether (sulfide) groups is 1. The lowest BCUT2D eigenvalue weighted by molar-refractivity contribution is -0.120. The molecule has 2 amide bonds. The van der Waals surface area contributed by atoms with Crippen LogP contribution >= 0.6 is 23.1 Å². The summed E-state index contributed by atoms with van der Waals surface area (Å²) in [6, 6.07) is -0.548. The zero-order valence-electron chi connectivity index (χ0n) is 13.8. The number of nitrogens with one attached hydrogen (secondary N) is 1. The molecule has 128 valence electrons. The van der Waals surface area contributed by atoms with E-state index in [1.165, 1.54) is 28.0 Å². The molecule has 0 unspecified atom stereocenters. The van der Waals surface area contributed by atoms with Gasteiger partial charge in [0, 0.05) is 12.2 Å². The molecule has 1 atom stereocenters. The van der Waals surface area contributed by atoms with Crippen molar-refractivity contribution in [3.05, 3.63) is 5.01 Å². The summed E-state index contributed by atoms with van der Waals surface area (Å²) in [7, 11) is 0. The van der Waals surface area contributed by atoms with Gasteiger partial charge >= 0.3 is 6.09 Å². The Bertz CT molecular complexity index is 571. The molecule has 0 aromatic carbocycles. The number of aromatic nitrogens is 2. The summed E-state index contributed by atoms with van der Waals surface area (Å²) >= 11 is 2.90. The SMILES string of the molecule is CCCc1nnc(NC(=O)[C@H]2CSCN2C(=O)OC(C)(C)C)s1. The molecule has 1 aliphatic heterocycles. The van der Waals surface area contributed by atoms with Crippen molar-refractivity contribution in [3.63, 3.8) is 0 Å². The number of anilines is 1. The van der Waals surface area contributed by atoms with E-state index in [0.717, 1.165) is 17.8 Å². The summed E-state index contributed by atoms with van der Waals surface area (Å²) in [5.41, 5.74) is -0.584. The molecule has 23 heavy (non-hydrogen) atoms. The molecule has 0 radical (unpaired) electrons. The minimum absolute atomic E-state index is 0.250. The molecule has 1 aliphatic rings. The zero-order valence-corrected chi connectivity index (χ0v) is 15.4. The van der Waals surface area contributed by atoms with Crippen LogP contribution < -0.4 is 5.32 Å². The van der Waals surface area contributed by atoms with Crippen molar-refractivity contribution >= 4 is 40.2 Å². The van der Waals surface area contributed by atoms with E-state index in [2.05, 4.69) is 22.4 Å². The van der Waals surface area contributed by atoms with E-state index in [0.29, 0.717) is 16.8 Å². The molecule has 2 heterocycles. The molecule has 1 saturated heterocycles. The molecule has 1 fully saturated rings. The number of hydrogen-bond acceptors (Lipinski definition) is 7. The molecule has 7 nitrogen and oxygen atoms in total. The van der Waals surface area contributed by atoms with Crippen molar-refractivity contribution in [2.24, 2.45) is 0 Å². The molecule has 0 saturated carbocycles. The first-order chi connectivity index (χ1) is 10.8. The zero-order chi connectivity index (χ0) is 17.0. The number of carbonyl (C=O) groups is 2. The molecule has 1 N–H and O–H groups in total. The topological polar surface area (TPSA) is 84.4 Å². The Morgan fingerprint density at radius 3 is 2.78 bits per heavy atom. The van der Waals surface area contributed by atoms with Crippen LogP contribution in [0.25, 0.3) is 0 Å². The number of ether oxygens (including phenoxy) is 1. The molecular weight excluding hydrogens is 336 g/mol. The second-order valence-electron chi connectivity index (χ2n) is 6.21. The summed E-state index contributed by atoms with van der Waals surface area (Å²) in [6.45, 7) is 7.48. The number of nitrogens with zero attached hydrogens (tertiary/aromatic N) is 3. The van der Waals surface area contributed by atoms with Gasteiger partial charge in [-0.15, -0.1) is 22.0 Å². The quantitative estimate of drug-likeness (QED) is 0.891. The number of hydrogen-bond donors (Lipinski definition) is 1. The van der Waals surface area contributed by atoms with Crippen LogP contribution in [-0.2, 0) is 16.0 Å². The maximum absolute atomic E-state index is 12.4. The van der Waals surface area contributed by atoms with Crippen LogP contribution in [0.4, 0.5) is 9.93 Å². The molecule has 1 aromatic heterocycles. The van der Waals surface area contributed by atoms with Gasteiger partial charge in [0.25, 0.3) is 0 Å². The maximum Gasteiger partial charge on any atom is 0.411 e. The molecular formula is C14H22N4O3S2. The average molecular weight is 358 g/mol. The van der Waals surface area contributed by atoms with E-state index in [-0.39, 0.29) is 5.91 Å². The third kappa shape index (κ3) is 5.07. The fourth-order valence-electron chi connectivity index (χ4n) is 1.97. The highest BCUT2D eigenvalue weighted by atomic mass is 32.2. The highest BCUT2D eigenvalue weighted by Gasteiger charge is 2.37. The molecule has 2 rings (SSSR count). The van der Waals surface area contributed by atoms with Gasteiger partial charge in [-0.2, -0.15) is 0 Å². The van der Waals surface area contributed by atoms with Gasteiger partial charge in [0.05, 0.1) is 5.88 Å². The van der Waals surface area contributed by atoms with E-state index in [1.807, 2.05) is 0 Å². The van der Waals surface area contributed by atoms with E-state index in [4.69, 9.17) is 4.74 Å². The summed E-state index contributed by atoms with van der Waals surface area (Å²) in [5.74, 6) is 0.746. The largest absolute Gasteiger partial charge is 0.444 e. The maximum atomic E-state index is 12.4. The fraction of sp³-hybridized carbons (Fsp3) is 0.714. The van der Waals surface area contributed by atoms with Gasteiger partial charge in [-0.1, -0.05) is 18.3 Å². The van der Waals surface area contributed by atoms with Crippen molar-refractivity contribution in [2.45, 2.75) is 52.2 Å². The third-order valence-electron chi connectivity index (χ3n) is 2.97. The van der Waals surface area contributed by atoms with Crippen molar-refractivity contribution in [3.8, 4) is 0 Å². The Hall–Kier alpha value is -1.35. The lowest BCUT2D eigenvalue weighted by Crippen LogP contribution is -2.46. The van der Waals surface area contributed by atoms with E-state index in [9.17, 15) is 9.59 Å². The Labute approximate surface area is 144 Å². The summed E-state index contributed by atoms with van der Waals surface area (Å²) in [4.78, 5) is 26.1. The van der Waals surface area contributed by atoms with Crippen LogP contribution in [0.2, 0.25) is 0 Å². The first-order valence-electron chi connectivity index (χ1n) is 7.50. The summed E-state index contributed by atoms with van der Waals surface area (Å²) in [6.07, 6.45) is 1.36. The van der Waals surface area contributed by atoms with Crippen molar-refractivity contribution in [2.75, 3.05) is 16.9 Å². The predicted molar refractivity (Wildman–Crippen MR) is 91.7 cm³/mol. The molecule has 0 spiro atoms. The Balaban J connectivity index is 1.98. The van der Waals surface area contributed by atoms with Crippen molar-refractivity contribution in [1.82, 2.24) is 15.1 Å². The third-order valence-corrected chi connectivity index (χ3v) is 4.88. The lowest BCUT2D eigenvalue weighted by Gasteiger charge is -2.27. The fourth-order valence-corrected chi connectivity index (χ4v) is 3.95. The van der Waals surface area contributed by atoms with Gasteiger partial charge in [-0.25, -0.2) is 4.79 Å². The van der Waals surface area contributed by atoms with Gasteiger partial charge in [0.2, 0.25) is 11.0 Å². The Kier molecular flexibility index (Phi) is 5.85. The second-order valence-corrected chi connectivity index (χ2v) is 8.27. The average Bonchev–Trinajstić information content (AvgIpc) is 3.06. The normalized spacial score (nSPS) is 18.1. The van der Waals surface area contributed by atoms with E-state index < -0.39 is 17.7 Å². The smallest absolute Gasteiger partial charge is 0.411 e. The van der Waals surface area contributed by atoms with Crippen molar-refractivity contribution < 1.29 is 14.3 Å². The standard InChI is InChI=1S/C14H22N4O3S2/c1-5-6-10-16-17-12(23-10)15-11(19)9-7-22-8-18(9)13(20)21-14(2,3)4/h9H,5-8H2,1-4H3,(H,15,17,19)/t9-/m1/s1. The van der Waals surface area contributed by atoms with Crippen LogP contribution in [0.1, 0.15) is 39.1 Å². The molecule has 1 aromatic rings. The van der Waals surface area contributed by atoms with Gasteiger partial charge in [0.15, 0.2) is 0 Å². The van der Waals surface area contributed by atoms with E-state index in [1.54, 1.807) is 20.8 Å². The van der Waals surface area contributed by atoms with Crippen LogP contribution in [0.15, 0.2) is 0 Å². The van der Waals surface area contributed by atoms with Crippen molar-refractivity contribution in [1.29, 1.82) is 0 Å². The second kappa shape index (κ2) is 7.48. The molecule has 0 bridgehead atoms. The highest BCUT2D eigenvalue weighted by molar-refractivity contribution is 7.99. The van der Waals surface area contributed by atoms with Gasteiger partial charge < -0.3 is 4.74 Å². The summed E-state index contributed by atoms with van der Waals surface area (Å²) < 4.78 is 5.36. The number of aryl methyl sites for hydroxylation is 1. The monoisotopic (exact) mass is 358 g/mol. The van der Waals surface area contributed by atoms with Crippen LogP contribution in [0, 0.1) is 0 Å². The van der Waals surface area contributed by atoms with Crippen LogP contribution in [-0.4, -0.2) is 50.4 Å². The Morgan fingerprint density at radius 1 is 1.39 bits per heavy atom. The minimum atomic E-state index is -0.584. The lowest BCUT2D eigenvalue weighted by atomic mass is 10.2. The number of carbonyl (C=O) groups excluding carboxylic acids is 2. The first kappa shape index (κ1) is 18.0. The highest BCUT2D eigenvalue weighted by Crippen LogP contribution is 2.25. The Morgan fingerprint density at radius 2 is 2.13 bits per heavy atom. The van der Waals surface area contributed by atoms with Gasteiger partial charge in [0.1, 0.15) is 16.7 Å².